The first kappa shape index (κ1) is 15.2. The summed E-state index contributed by atoms with van der Waals surface area (Å²) in [6, 6.07) is 13.2. The molecule has 0 unspecified atom stereocenters. The predicted octanol–water partition coefficient (Wildman–Crippen LogP) is 2.13. The molecule has 1 saturated heterocycles. The highest BCUT2D eigenvalue weighted by Crippen LogP contribution is 2.27. The third-order valence-electron chi connectivity index (χ3n) is 4.18. The highest BCUT2D eigenvalue weighted by atomic mass is 16.2. The van der Waals surface area contributed by atoms with E-state index in [0.29, 0.717) is 25.2 Å². The van der Waals surface area contributed by atoms with Crippen molar-refractivity contribution in [2.45, 2.75) is 13.0 Å². The van der Waals surface area contributed by atoms with E-state index in [1.165, 1.54) is 0 Å². The number of benzene rings is 1. The third-order valence-corrected chi connectivity index (χ3v) is 4.18. The summed E-state index contributed by atoms with van der Waals surface area (Å²) in [6.45, 7) is 3.17. The van der Waals surface area contributed by atoms with Crippen LogP contribution in [-0.4, -0.2) is 46.2 Å². The largest absolute Gasteiger partial charge is 0.339 e. The number of nitrogens with zero attached hydrogens (tertiary/aromatic N) is 3. The topological polar surface area (TPSA) is 53.5 Å². The first-order valence-corrected chi connectivity index (χ1v) is 7.68. The van der Waals surface area contributed by atoms with Gasteiger partial charge in [0.25, 0.3) is 5.91 Å². The molecule has 2 heterocycles. The van der Waals surface area contributed by atoms with Crippen LogP contribution in [0.5, 0.6) is 0 Å². The summed E-state index contributed by atoms with van der Waals surface area (Å²) in [7, 11) is 0. The van der Waals surface area contributed by atoms with Crippen molar-refractivity contribution >= 4 is 11.8 Å². The van der Waals surface area contributed by atoms with Gasteiger partial charge in [0.05, 0.1) is 11.6 Å². The standard InChI is InChI=1S/C18H19N3O2/c1-14(22)20-10-11-21(18(23)16-8-5-9-19-12-16)17(13-20)15-6-3-2-4-7-15/h2-9,12,17H,10-11,13H2,1H3/t17-/m1/s1. The summed E-state index contributed by atoms with van der Waals surface area (Å²) >= 11 is 0. The average molecular weight is 309 g/mol. The number of carbonyl (C=O) groups is 2. The number of piperazine rings is 1. The highest BCUT2D eigenvalue weighted by molar-refractivity contribution is 5.94. The van der Waals surface area contributed by atoms with Gasteiger partial charge >= 0.3 is 0 Å². The molecule has 23 heavy (non-hydrogen) atoms. The fourth-order valence-electron chi connectivity index (χ4n) is 2.93. The molecule has 5 nitrogen and oxygen atoms in total. The van der Waals surface area contributed by atoms with Gasteiger partial charge in [0.1, 0.15) is 0 Å². The Balaban J connectivity index is 1.91. The Bertz CT molecular complexity index is 688. The molecule has 0 aliphatic carbocycles. The Morgan fingerprint density at radius 2 is 1.87 bits per heavy atom. The van der Waals surface area contributed by atoms with Gasteiger partial charge in [-0.15, -0.1) is 0 Å². The van der Waals surface area contributed by atoms with Gasteiger partial charge in [-0.1, -0.05) is 30.3 Å². The van der Waals surface area contributed by atoms with Gasteiger partial charge in [-0.25, -0.2) is 0 Å². The van der Waals surface area contributed by atoms with Gasteiger partial charge in [-0.3, -0.25) is 14.6 Å². The average Bonchev–Trinajstić information content (AvgIpc) is 2.62. The van der Waals surface area contributed by atoms with Crippen LogP contribution in [0.1, 0.15) is 28.9 Å². The lowest BCUT2D eigenvalue weighted by Crippen LogP contribution is -2.51. The van der Waals surface area contributed by atoms with E-state index < -0.39 is 0 Å². The number of amides is 2. The fourth-order valence-corrected chi connectivity index (χ4v) is 2.93. The summed E-state index contributed by atoms with van der Waals surface area (Å²) in [5, 5.41) is 0. The SMILES string of the molecule is CC(=O)N1CCN(C(=O)c2cccnc2)[C@@H](c2ccccc2)C1. The molecule has 2 amide bonds. The number of rotatable bonds is 2. The molecule has 0 N–H and O–H groups in total. The second-order valence-corrected chi connectivity index (χ2v) is 5.63. The summed E-state index contributed by atoms with van der Waals surface area (Å²) < 4.78 is 0. The molecule has 0 spiro atoms. The van der Waals surface area contributed by atoms with Crippen LogP contribution in [-0.2, 0) is 4.79 Å². The van der Waals surface area contributed by atoms with Crippen molar-refractivity contribution in [1.29, 1.82) is 0 Å². The molecular weight excluding hydrogens is 290 g/mol. The van der Waals surface area contributed by atoms with Crippen molar-refractivity contribution in [2.24, 2.45) is 0 Å². The first-order valence-electron chi connectivity index (χ1n) is 7.68. The van der Waals surface area contributed by atoms with Crippen LogP contribution in [0.4, 0.5) is 0 Å². The number of carbonyl (C=O) groups excluding carboxylic acids is 2. The summed E-state index contributed by atoms with van der Waals surface area (Å²) in [5.74, 6) is -0.00503. The van der Waals surface area contributed by atoms with Gasteiger partial charge in [-0.2, -0.15) is 0 Å². The molecule has 1 aromatic heterocycles. The number of aromatic nitrogens is 1. The highest BCUT2D eigenvalue weighted by Gasteiger charge is 2.32. The van der Waals surface area contributed by atoms with Crippen LogP contribution in [0.15, 0.2) is 54.9 Å². The van der Waals surface area contributed by atoms with Gasteiger partial charge < -0.3 is 9.80 Å². The Morgan fingerprint density at radius 3 is 2.52 bits per heavy atom. The summed E-state index contributed by atoms with van der Waals surface area (Å²) in [4.78, 5) is 32.2. The van der Waals surface area contributed by atoms with Crippen LogP contribution in [0.2, 0.25) is 0 Å². The van der Waals surface area contributed by atoms with Crippen molar-refractivity contribution in [3.8, 4) is 0 Å². The molecule has 1 aliphatic heterocycles. The van der Waals surface area contributed by atoms with E-state index in [0.717, 1.165) is 5.56 Å². The minimum atomic E-state index is -0.137. The zero-order valence-corrected chi connectivity index (χ0v) is 13.1. The van der Waals surface area contributed by atoms with E-state index in [2.05, 4.69) is 4.98 Å². The van der Waals surface area contributed by atoms with Crippen molar-refractivity contribution in [3.63, 3.8) is 0 Å². The molecule has 0 saturated carbocycles. The molecule has 1 fully saturated rings. The Kier molecular flexibility index (Phi) is 4.37. The minimum absolute atomic E-state index is 0.0411. The van der Waals surface area contributed by atoms with E-state index in [4.69, 9.17) is 0 Å². The molecule has 2 aromatic rings. The van der Waals surface area contributed by atoms with E-state index in [1.807, 2.05) is 35.2 Å². The van der Waals surface area contributed by atoms with Crippen molar-refractivity contribution in [1.82, 2.24) is 14.8 Å². The lowest BCUT2D eigenvalue weighted by Gasteiger charge is -2.41. The minimum Gasteiger partial charge on any atom is -0.339 e. The smallest absolute Gasteiger partial charge is 0.256 e. The number of pyridine rings is 1. The summed E-state index contributed by atoms with van der Waals surface area (Å²) in [6.07, 6.45) is 3.24. The maximum atomic E-state index is 12.8. The van der Waals surface area contributed by atoms with Crippen LogP contribution >= 0.6 is 0 Å². The van der Waals surface area contributed by atoms with Crippen molar-refractivity contribution < 1.29 is 9.59 Å². The number of hydrogen-bond acceptors (Lipinski definition) is 3. The molecule has 1 aromatic carbocycles. The van der Waals surface area contributed by atoms with Crippen LogP contribution in [0.3, 0.4) is 0 Å². The third kappa shape index (κ3) is 3.23. The normalized spacial score (nSPS) is 17.9. The first-order chi connectivity index (χ1) is 11.2. The molecule has 5 heteroatoms. The molecular formula is C18H19N3O2. The molecule has 0 bridgehead atoms. The van der Waals surface area contributed by atoms with Gasteiger partial charge in [0, 0.05) is 39.0 Å². The quantitative estimate of drug-likeness (QED) is 0.854. The molecule has 1 aliphatic rings. The van der Waals surface area contributed by atoms with E-state index in [-0.39, 0.29) is 17.9 Å². The Labute approximate surface area is 135 Å². The lowest BCUT2D eigenvalue weighted by atomic mass is 10.0. The zero-order valence-electron chi connectivity index (χ0n) is 13.1. The maximum absolute atomic E-state index is 12.8. The predicted molar refractivity (Wildman–Crippen MR) is 86.7 cm³/mol. The van der Waals surface area contributed by atoms with Crippen molar-refractivity contribution in [3.05, 3.63) is 66.0 Å². The van der Waals surface area contributed by atoms with Crippen LogP contribution in [0.25, 0.3) is 0 Å². The monoisotopic (exact) mass is 309 g/mol. The Morgan fingerprint density at radius 1 is 1.09 bits per heavy atom. The second kappa shape index (κ2) is 6.60. The number of hydrogen-bond donors (Lipinski definition) is 0. The van der Waals surface area contributed by atoms with Gasteiger partial charge in [0.2, 0.25) is 5.91 Å². The fraction of sp³-hybridized carbons (Fsp3) is 0.278. The summed E-state index contributed by atoms with van der Waals surface area (Å²) in [5.41, 5.74) is 1.61. The molecule has 3 rings (SSSR count). The zero-order chi connectivity index (χ0) is 16.2. The van der Waals surface area contributed by atoms with Gasteiger partial charge in [-0.05, 0) is 17.7 Å². The van der Waals surface area contributed by atoms with E-state index in [1.54, 1.807) is 36.4 Å². The van der Waals surface area contributed by atoms with Crippen molar-refractivity contribution in [2.75, 3.05) is 19.6 Å². The molecule has 0 radical (unpaired) electrons. The van der Waals surface area contributed by atoms with Gasteiger partial charge in [0.15, 0.2) is 0 Å². The van der Waals surface area contributed by atoms with E-state index >= 15 is 0 Å². The second-order valence-electron chi connectivity index (χ2n) is 5.63. The lowest BCUT2D eigenvalue weighted by molar-refractivity contribution is -0.131. The maximum Gasteiger partial charge on any atom is 0.256 e. The molecule has 1 atom stereocenters. The van der Waals surface area contributed by atoms with E-state index in [9.17, 15) is 9.59 Å². The molecule has 118 valence electrons. The van der Waals surface area contributed by atoms with Crippen LogP contribution < -0.4 is 0 Å². The Hall–Kier alpha value is -2.69. The van der Waals surface area contributed by atoms with Crippen LogP contribution in [0, 0.1) is 0 Å².